The maximum Gasteiger partial charge on any atom is 0.237 e. The zero-order chi connectivity index (χ0) is 21.1. The highest BCUT2D eigenvalue weighted by Crippen LogP contribution is 2.40. The highest BCUT2D eigenvalue weighted by Gasteiger charge is 2.21. The molecule has 0 aliphatic heterocycles. The van der Waals surface area contributed by atoms with E-state index in [0.29, 0.717) is 11.9 Å². The number of nitrogens with zero attached hydrogens (tertiary/aromatic N) is 8. The predicted molar refractivity (Wildman–Crippen MR) is 122 cm³/mol. The molecule has 0 radical (unpaired) electrons. The third-order valence-electron chi connectivity index (χ3n) is 5.83. The average molecular weight is 414 g/mol. The van der Waals surface area contributed by atoms with Gasteiger partial charge in [0.2, 0.25) is 11.9 Å². The highest BCUT2D eigenvalue weighted by molar-refractivity contribution is 6.25. The molecule has 0 aliphatic rings. The maximum atomic E-state index is 4.47. The summed E-state index contributed by atoms with van der Waals surface area (Å²) in [6, 6.07) is 20.9. The van der Waals surface area contributed by atoms with Crippen LogP contribution in [0.5, 0.6) is 0 Å². The van der Waals surface area contributed by atoms with E-state index in [0.717, 1.165) is 43.6 Å². The molecular weight excluding hydrogens is 400 g/mol. The fourth-order valence-electron chi connectivity index (χ4n) is 4.63. The number of rotatable bonds is 2. The van der Waals surface area contributed by atoms with Gasteiger partial charge in [-0.2, -0.15) is 0 Å². The zero-order valence-corrected chi connectivity index (χ0v) is 16.7. The molecule has 4 aromatic heterocycles. The largest absolute Gasteiger partial charge is 0.278 e. The summed E-state index contributed by atoms with van der Waals surface area (Å²) in [7, 11) is 0. The summed E-state index contributed by atoms with van der Waals surface area (Å²) in [5.74, 6) is 1.16. The van der Waals surface area contributed by atoms with Crippen molar-refractivity contribution in [3.05, 3.63) is 86.0 Å². The molecule has 3 aromatic carbocycles. The van der Waals surface area contributed by atoms with Gasteiger partial charge in [-0.1, -0.05) is 42.5 Å². The first-order chi connectivity index (χ1) is 15.9. The minimum Gasteiger partial charge on any atom is -0.278 e. The minimum absolute atomic E-state index is 0.577. The first kappa shape index (κ1) is 17.0. The Morgan fingerprint density at radius 1 is 0.469 bits per heavy atom. The average Bonchev–Trinajstić information content (AvgIpc) is 3.38. The van der Waals surface area contributed by atoms with Gasteiger partial charge in [0.25, 0.3) is 0 Å². The van der Waals surface area contributed by atoms with Gasteiger partial charge in [0.15, 0.2) is 0 Å². The molecule has 0 aliphatic carbocycles. The van der Waals surface area contributed by atoms with E-state index < -0.39 is 0 Å². The lowest BCUT2D eigenvalue weighted by Crippen LogP contribution is -2.02. The minimum atomic E-state index is 0.577. The smallest absolute Gasteiger partial charge is 0.237 e. The zero-order valence-electron chi connectivity index (χ0n) is 16.7. The van der Waals surface area contributed by atoms with Crippen molar-refractivity contribution in [3.8, 4) is 11.9 Å². The standard InChI is InChI=1S/C24H14N8/c1-3-7-18-15(5-1)16-9-10-20-21(22(16)32(18)24-29-13-26-14-30-24)17-6-2-4-8-19(17)31(20)23-27-11-25-12-28-23/h1-14H. The number of aromatic nitrogens is 8. The summed E-state index contributed by atoms with van der Waals surface area (Å²) in [6.45, 7) is 0. The van der Waals surface area contributed by atoms with Crippen LogP contribution in [0.3, 0.4) is 0 Å². The molecule has 0 saturated heterocycles. The van der Waals surface area contributed by atoms with Gasteiger partial charge < -0.3 is 0 Å². The van der Waals surface area contributed by atoms with Gasteiger partial charge in [-0.15, -0.1) is 0 Å². The molecule has 8 heteroatoms. The van der Waals surface area contributed by atoms with E-state index in [1.165, 1.54) is 25.3 Å². The Bertz CT molecular complexity index is 1770. The molecule has 32 heavy (non-hydrogen) atoms. The van der Waals surface area contributed by atoms with Crippen LogP contribution in [0.1, 0.15) is 0 Å². The molecule has 0 saturated carbocycles. The Morgan fingerprint density at radius 3 is 1.72 bits per heavy atom. The lowest BCUT2D eigenvalue weighted by atomic mass is 10.1. The first-order valence-corrected chi connectivity index (χ1v) is 10.1. The van der Waals surface area contributed by atoms with Gasteiger partial charge in [-0.05, 0) is 18.2 Å². The van der Waals surface area contributed by atoms with Crippen LogP contribution < -0.4 is 0 Å². The lowest BCUT2D eigenvalue weighted by Gasteiger charge is -2.07. The van der Waals surface area contributed by atoms with Crippen molar-refractivity contribution < 1.29 is 0 Å². The number of fused-ring (bicyclic) bond motifs is 7. The van der Waals surface area contributed by atoms with Crippen LogP contribution in [0.2, 0.25) is 0 Å². The lowest BCUT2D eigenvalue weighted by molar-refractivity contribution is 0.938. The van der Waals surface area contributed by atoms with Crippen molar-refractivity contribution in [3.63, 3.8) is 0 Å². The van der Waals surface area contributed by atoms with E-state index in [9.17, 15) is 0 Å². The summed E-state index contributed by atoms with van der Waals surface area (Å²) < 4.78 is 4.18. The Labute approximate surface area is 180 Å². The van der Waals surface area contributed by atoms with Gasteiger partial charge in [0.1, 0.15) is 25.3 Å². The van der Waals surface area contributed by atoms with E-state index in [4.69, 9.17) is 0 Å². The Morgan fingerprint density at radius 2 is 1.03 bits per heavy atom. The molecule has 7 rings (SSSR count). The van der Waals surface area contributed by atoms with Gasteiger partial charge in [-0.25, -0.2) is 29.9 Å². The van der Waals surface area contributed by atoms with Crippen molar-refractivity contribution in [2.75, 3.05) is 0 Å². The number of para-hydroxylation sites is 2. The first-order valence-electron chi connectivity index (χ1n) is 10.1. The molecule has 4 heterocycles. The molecule has 7 aromatic rings. The quantitative estimate of drug-likeness (QED) is 0.420. The van der Waals surface area contributed by atoms with Crippen LogP contribution in [-0.2, 0) is 0 Å². The van der Waals surface area contributed by atoms with Crippen molar-refractivity contribution in [2.24, 2.45) is 0 Å². The molecule has 0 unspecified atom stereocenters. The molecular formula is C24H14N8. The van der Waals surface area contributed by atoms with Crippen LogP contribution in [0.4, 0.5) is 0 Å². The highest BCUT2D eigenvalue weighted by atomic mass is 15.2. The van der Waals surface area contributed by atoms with E-state index >= 15 is 0 Å². The third kappa shape index (κ3) is 2.20. The van der Waals surface area contributed by atoms with E-state index in [-0.39, 0.29) is 0 Å². The van der Waals surface area contributed by atoms with E-state index in [1.807, 2.05) is 18.2 Å². The van der Waals surface area contributed by atoms with E-state index in [2.05, 4.69) is 81.5 Å². The Balaban J connectivity index is 1.77. The van der Waals surface area contributed by atoms with Crippen molar-refractivity contribution in [1.29, 1.82) is 0 Å². The molecule has 0 atom stereocenters. The molecule has 150 valence electrons. The SMILES string of the molecule is c1ccc2c(c1)c1c(ccc3c4ccccc4n(-c4ncncn4)c31)n2-c1ncncn1. The predicted octanol–water partition coefficient (Wildman–Crippen LogP) is 4.25. The molecule has 0 fully saturated rings. The maximum absolute atomic E-state index is 4.47. The van der Waals surface area contributed by atoms with Gasteiger partial charge in [-0.3, -0.25) is 9.13 Å². The van der Waals surface area contributed by atoms with E-state index in [1.54, 1.807) is 0 Å². The number of hydrogen-bond donors (Lipinski definition) is 0. The second-order valence-electron chi connectivity index (χ2n) is 7.44. The molecule has 8 nitrogen and oxygen atoms in total. The molecule has 0 amide bonds. The molecule has 0 N–H and O–H groups in total. The summed E-state index contributed by atoms with van der Waals surface area (Å²) in [6.07, 6.45) is 6.08. The molecule has 0 spiro atoms. The van der Waals surface area contributed by atoms with Crippen LogP contribution in [-0.4, -0.2) is 39.0 Å². The van der Waals surface area contributed by atoms with Gasteiger partial charge in [0, 0.05) is 21.5 Å². The Hall–Kier alpha value is -4.72. The van der Waals surface area contributed by atoms with Crippen LogP contribution in [0.15, 0.2) is 86.0 Å². The third-order valence-corrected chi connectivity index (χ3v) is 5.83. The normalized spacial score (nSPS) is 11.8. The van der Waals surface area contributed by atoms with Crippen molar-refractivity contribution in [2.45, 2.75) is 0 Å². The summed E-state index contributed by atoms with van der Waals surface area (Å²) in [5.41, 5.74) is 4.11. The van der Waals surface area contributed by atoms with Gasteiger partial charge >= 0.3 is 0 Å². The summed E-state index contributed by atoms with van der Waals surface area (Å²) in [5, 5.41) is 4.47. The van der Waals surface area contributed by atoms with Crippen LogP contribution in [0.25, 0.3) is 55.5 Å². The van der Waals surface area contributed by atoms with Crippen LogP contribution in [0, 0.1) is 0 Å². The number of hydrogen-bond acceptors (Lipinski definition) is 6. The monoisotopic (exact) mass is 414 g/mol. The fourth-order valence-corrected chi connectivity index (χ4v) is 4.63. The van der Waals surface area contributed by atoms with Gasteiger partial charge in [0.05, 0.1) is 22.1 Å². The number of benzene rings is 3. The second-order valence-corrected chi connectivity index (χ2v) is 7.44. The summed E-state index contributed by atoms with van der Waals surface area (Å²) in [4.78, 5) is 25.8. The van der Waals surface area contributed by atoms with Crippen LogP contribution >= 0.6 is 0 Å². The van der Waals surface area contributed by atoms with Crippen molar-refractivity contribution in [1.82, 2.24) is 39.0 Å². The Kier molecular flexibility index (Phi) is 3.40. The molecule has 0 bridgehead atoms. The van der Waals surface area contributed by atoms with Crippen molar-refractivity contribution >= 4 is 43.6 Å². The second kappa shape index (κ2) is 6.39. The topological polar surface area (TPSA) is 87.2 Å². The fraction of sp³-hybridized carbons (Fsp3) is 0. The summed E-state index contributed by atoms with van der Waals surface area (Å²) >= 11 is 0.